The maximum absolute atomic E-state index is 5.96. The van der Waals surface area contributed by atoms with Crippen molar-refractivity contribution >= 4 is 11.0 Å². The van der Waals surface area contributed by atoms with E-state index in [1.165, 1.54) is 5.56 Å². The lowest BCUT2D eigenvalue weighted by Gasteiger charge is -2.46. The highest BCUT2D eigenvalue weighted by Crippen LogP contribution is 2.40. The fourth-order valence-electron chi connectivity index (χ4n) is 2.93. The van der Waals surface area contributed by atoms with Crippen LogP contribution in [0.3, 0.4) is 0 Å². The number of nitrogens with two attached hydrogens (primary N) is 1. The number of hydrogen-bond donors (Lipinski definition) is 3. The third-order valence-electron chi connectivity index (χ3n) is 4.04. The maximum atomic E-state index is 5.96. The molecule has 1 fully saturated rings. The molecule has 1 aromatic carbocycles. The van der Waals surface area contributed by atoms with E-state index >= 15 is 0 Å². The molecule has 1 aromatic heterocycles. The number of nitrogens with zero attached hydrogens (tertiary/aromatic N) is 1. The molecule has 0 aliphatic carbocycles. The minimum atomic E-state index is 0.0114. The lowest BCUT2D eigenvalue weighted by atomic mass is 9.75. The Kier molecular flexibility index (Phi) is 3.05. The normalized spacial score (nSPS) is 19.3. The fraction of sp³-hybridized carbons (Fsp3) is 0.500. The van der Waals surface area contributed by atoms with E-state index in [0.29, 0.717) is 6.54 Å². The molecular weight excluding hydrogens is 240 g/mol. The van der Waals surface area contributed by atoms with E-state index in [2.05, 4.69) is 33.5 Å². The summed E-state index contributed by atoms with van der Waals surface area (Å²) in [6.45, 7) is 4.03. The van der Waals surface area contributed by atoms with Gasteiger partial charge in [-0.25, -0.2) is 4.98 Å². The second kappa shape index (κ2) is 4.59. The molecule has 2 aromatic rings. The van der Waals surface area contributed by atoms with Crippen LogP contribution in [0.2, 0.25) is 0 Å². The number of ether oxygens (including phenoxy) is 1. The first-order valence-corrected chi connectivity index (χ1v) is 6.60. The SMILES string of the molecule is CNC(c1ccc2nc(C)[nH]c2c1)C1(CN)COC1. The summed E-state index contributed by atoms with van der Waals surface area (Å²) in [4.78, 5) is 7.71. The summed E-state index contributed by atoms with van der Waals surface area (Å²) in [6.07, 6.45) is 0. The van der Waals surface area contributed by atoms with E-state index in [1.807, 2.05) is 14.0 Å². The molecule has 1 atom stereocenters. The van der Waals surface area contributed by atoms with E-state index in [1.54, 1.807) is 0 Å². The largest absolute Gasteiger partial charge is 0.380 e. The molecule has 1 aliphatic heterocycles. The Labute approximate surface area is 112 Å². The Balaban J connectivity index is 2.01. The summed E-state index contributed by atoms with van der Waals surface area (Å²) in [5.74, 6) is 0.939. The van der Waals surface area contributed by atoms with Crippen LogP contribution in [0.5, 0.6) is 0 Å². The van der Waals surface area contributed by atoms with Crippen molar-refractivity contribution in [2.24, 2.45) is 11.1 Å². The molecular formula is C14H20N4O. The molecule has 3 rings (SSSR count). The van der Waals surface area contributed by atoms with E-state index in [-0.39, 0.29) is 11.5 Å². The minimum absolute atomic E-state index is 0.0114. The van der Waals surface area contributed by atoms with E-state index < -0.39 is 0 Å². The predicted molar refractivity (Wildman–Crippen MR) is 74.9 cm³/mol. The van der Waals surface area contributed by atoms with Gasteiger partial charge in [0.05, 0.1) is 24.2 Å². The van der Waals surface area contributed by atoms with Gasteiger partial charge in [0.25, 0.3) is 0 Å². The third-order valence-corrected chi connectivity index (χ3v) is 4.04. The van der Waals surface area contributed by atoms with E-state index in [0.717, 1.165) is 30.1 Å². The van der Waals surface area contributed by atoms with Crippen molar-refractivity contribution in [2.45, 2.75) is 13.0 Å². The van der Waals surface area contributed by atoms with Crippen LogP contribution < -0.4 is 11.1 Å². The zero-order valence-electron chi connectivity index (χ0n) is 11.4. The van der Waals surface area contributed by atoms with Crippen molar-refractivity contribution < 1.29 is 4.74 Å². The first-order valence-electron chi connectivity index (χ1n) is 6.60. The van der Waals surface area contributed by atoms with Gasteiger partial charge in [-0.2, -0.15) is 0 Å². The smallest absolute Gasteiger partial charge is 0.104 e. The zero-order valence-corrected chi connectivity index (χ0v) is 11.4. The number of benzene rings is 1. The summed E-state index contributed by atoms with van der Waals surface area (Å²) in [7, 11) is 1.98. The van der Waals surface area contributed by atoms with Gasteiger partial charge in [0, 0.05) is 18.0 Å². The Morgan fingerprint density at radius 1 is 1.53 bits per heavy atom. The second-order valence-electron chi connectivity index (χ2n) is 5.38. The maximum Gasteiger partial charge on any atom is 0.104 e. The number of nitrogens with one attached hydrogen (secondary N) is 2. The standard InChI is InChI=1S/C14H20N4O/c1-9-17-11-4-3-10(5-12(11)18-9)13(16-2)14(6-15)7-19-8-14/h3-5,13,16H,6-8,15H2,1-2H3,(H,17,18). The van der Waals surface area contributed by atoms with Crippen LogP contribution >= 0.6 is 0 Å². The average molecular weight is 260 g/mol. The predicted octanol–water partition coefficient (Wildman–Crippen LogP) is 1.11. The number of H-pyrrole nitrogens is 1. The van der Waals surface area contributed by atoms with Gasteiger partial charge < -0.3 is 20.8 Å². The Hall–Kier alpha value is -1.43. The average Bonchev–Trinajstić information content (AvgIpc) is 2.72. The van der Waals surface area contributed by atoms with E-state index in [4.69, 9.17) is 10.5 Å². The molecule has 19 heavy (non-hydrogen) atoms. The Morgan fingerprint density at radius 2 is 2.32 bits per heavy atom. The van der Waals surface area contributed by atoms with Crippen LogP contribution in [-0.4, -0.2) is 36.8 Å². The molecule has 4 N–H and O–H groups in total. The monoisotopic (exact) mass is 260 g/mol. The number of rotatable bonds is 4. The molecule has 0 amide bonds. The van der Waals surface area contributed by atoms with Crippen molar-refractivity contribution in [3.63, 3.8) is 0 Å². The van der Waals surface area contributed by atoms with Crippen molar-refractivity contribution in [1.29, 1.82) is 0 Å². The summed E-state index contributed by atoms with van der Waals surface area (Å²) in [5.41, 5.74) is 9.27. The van der Waals surface area contributed by atoms with Crippen LogP contribution in [0.15, 0.2) is 18.2 Å². The molecule has 2 heterocycles. The summed E-state index contributed by atoms with van der Waals surface area (Å²) in [6, 6.07) is 6.55. The number of aromatic amines is 1. The van der Waals surface area contributed by atoms with Crippen molar-refractivity contribution in [1.82, 2.24) is 15.3 Å². The highest BCUT2D eigenvalue weighted by atomic mass is 16.5. The number of hydrogen-bond acceptors (Lipinski definition) is 4. The van der Waals surface area contributed by atoms with Crippen LogP contribution in [0.4, 0.5) is 0 Å². The number of fused-ring (bicyclic) bond motifs is 1. The molecule has 0 bridgehead atoms. The summed E-state index contributed by atoms with van der Waals surface area (Å²) >= 11 is 0. The van der Waals surface area contributed by atoms with Gasteiger partial charge >= 0.3 is 0 Å². The summed E-state index contributed by atoms with van der Waals surface area (Å²) in [5, 5.41) is 3.39. The number of aryl methyl sites for hydroxylation is 1. The van der Waals surface area contributed by atoms with Gasteiger partial charge in [0.15, 0.2) is 0 Å². The summed E-state index contributed by atoms with van der Waals surface area (Å²) < 4.78 is 5.38. The molecule has 0 radical (unpaired) electrons. The van der Waals surface area contributed by atoms with Gasteiger partial charge in [0.2, 0.25) is 0 Å². The second-order valence-corrected chi connectivity index (χ2v) is 5.38. The van der Waals surface area contributed by atoms with Crippen LogP contribution in [0, 0.1) is 12.3 Å². The van der Waals surface area contributed by atoms with Crippen LogP contribution in [0.25, 0.3) is 11.0 Å². The highest BCUT2D eigenvalue weighted by Gasteiger charge is 2.44. The number of imidazole rings is 1. The van der Waals surface area contributed by atoms with Crippen molar-refractivity contribution in [3.05, 3.63) is 29.6 Å². The molecule has 1 aliphatic rings. The Bertz CT molecular complexity index is 583. The molecule has 5 nitrogen and oxygen atoms in total. The molecule has 0 saturated carbocycles. The quantitative estimate of drug-likeness (QED) is 0.769. The minimum Gasteiger partial charge on any atom is -0.380 e. The highest BCUT2D eigenvalue weighted by molar-refractivity contribution is 5.76. The van der Waals surface area contributed by atoms with E-state index in [9.17, 15) is 0 Å². The topological polar surface area (TPSA) is 76.0 Å². The number of aromatic nitrogens is 2. The van der Waals surface area contributed by atoms with Crippen LogP contribution in [-0.2, 0) is 4.74 Å². The van der Waals surface area contributed by atoms with Gasteiger partial charge in [-0.1, -0.05) is 6.07 Å². The third kappa shape index (κ3) is 1.94. The van der Waals surface area contributed by atoms with Gasteiger partial charge in [0.1, 0.15) is 5.82 Å². The fourth-order valence-corrected chi connectivity index (χ4v) is 2.93. The molecule has 0 spiro atoms. The first-order chi connectivity index (χ1) is 9.18. The zero-order chi connectivity index (χ0) is 13.5. The lowest BCUT2D eigenvalue weighted by molar-refractivity contribution is -0.126. The van der Waals surface area contributed by atoms with Gasteiger partial charge in [-0.15, -0.1) is 0 Å². The molecule has 102 valence electrons. The van der Waals surface area contributed by atoms with Crippen LogP contribution in [0.1, 0.15) is 17.4 Å². The van der Waals surface area contributed by atoms with Crippen molar-refractivity contribution in [2.75, 3.05) is 26.8 Å². The van der Waals surface area contributed by atoms with Crippen molar-refractivity contribution in [3.8, 4) is 0 Å². The molecule has 5 heteroatoms. The first kappa shape index (κ1) is 12.6. The lowest BCUT2D eigenvalue weighted by Crippen LogP contribution is -2.55. The molecule has 1 unspecified atom stereocenters. The molecule has 1 saturated heterocycles. The van der Waals surface area contributed by atoms with Gasteiger partial charge in [-0.3, -0.25) is 0 Å². The Morgan fingerprint density at radius 3 is 2.89 bits per heavy atom. The van der Waals surface area contributed by atoms with Gasteiger partial charge in [-0.05, 0) is 31.7 Å².